The quantitative estimate of drug-likeness (QED) is 0.857. The molecule has 1 aliphatic rings. The molecule has 1 heterocycles. The van der Waals surface area contributed by atoms with Crippen LogP contribution in [0.5, 0.6) is 0 Å². The molecule has 0 aliphatic heterocycles. The Hall–Kier alpha value is -0.480. The third-order valence-corrected chi connectivity index (χ3v) is 5.08. The largest absolute Gasteiger partial charge is 0.309 e. The maximum atomic E-state index is 4.35. The van der Waals surface area contributed by atoms with E-state index in [-0.39, 0.29) is 0 Å². The molecule has 0 spiro atoms. The average molecular weight is 281 g/mol. The third kappa shape index (κ3) is 3.76. The molecule has 3 unspecified atom stereocenters. The highest BCUT2D eigenvalue weighted by atomic mass is 32.1. The molecule has 1 N–H and O–H groups in total. The van der Waals surface area contributed by atoms with E-state index in [4.69, 9.17) is 0 Å². The van der Waals surface area contributed by atoms with Crippen LogP contribution in [0.1, 0.15) is 69.5 Å². The van der Waals surface area contributed by atoms with E-state index in [2.05, 4.69) is 35.7 Å². The molecular weight excluding hydrogens is 254 g/mol. The predicted octanol–water partition coefficient (Wildman–Crippen LogP) is 3.97. The van der Waals surface area contributed by atoms with Crippen LogP contribution in [-0.4, -0.2) is 16.1 Å². The van der Waals surface area contributed by atoms with Gasteiger partial charge in [0.15, 0.2) is 0 Å². The fourth-order valence-electron chi connectivity index (χ4n) is 3.34. The molecule has 1 aromatic heterocycles. The Bertz CT molecular complexity index is 377. The van der Waals surface area contributed by atoms with Gasteiger partial charge in [0.25, 0.3) is 0 Å². The number of rotatable bonds is 6. The first kappa shape index (κ1) is 14.9. The lowest BCUT2D eigenvalue weighted by Crippen LogP contribution is -2.31. The summed E-state index contributed by atoms with van der Waals surface area (Å²) in [6, 6.07) is 0.481. The van der Waals surface area contributed by atoms with Crippen LogP contribution >= 0.6 is 11.5 Å². The first-order valence-corrected chi connectivity index (χ1v) is 8.58. The first-order valence-electron chi connectivity index (χ1n) is 7.80. The van der Waals surface area contributed by atoms with E-state index in [9.17, 15) is 0 Å². The van der Waals surface area contributed by atoms with Crippen LogP contribution in [0, 0.1) is 11.8 Å². The summed E-state index contributed by atoms with van der Waals surface area (Å²) in [4.78, 5) is 1.41. The van der Waals surface area contributed by atoms with Gasteiger partial charge in [-0.3, -0.25) is 0 Å². The smallest absolute Gasteiger partial charge is 0.0803 e. The Morgan fingerprint density at radius 2 is 2.21 bits per heavy atom. The van der Waals surface area contributed by atoms with Crippen molar-refractivity contribution in [3.05, 3.63) is 10.6 Å². The molecule has 1 fully saturated rings. The Balaban J connectivity index is 2.16. The second kappa shape index (κ2) is 7.34. The molecule has 19 heavy (non-hydrogen) atoms. The number of hydrogen-bond donors (Lipinski definition) is 1. The lowest BCUT2D eigenvalue weighted by atomic mass is 9.78. The van der Waals surface area contributed by atoms with Crippen molar-refractivity contribution in [3.63, 3.8) is 0 Å². The van der Waals surface area contributed by atoms with Crippen LogP contribution in [0.3, 0.4) is 0 Å². The maximum absolute atomic E-state index is 4.35. The topological polar surface area (TPSA) is 37.8 Å². The lowest BCUT2D eigenvalue weighted by Gasteiger charge is -2.33. The summed E-state index contributed by atoms with van der Waals surface area (Å²) >= 11 is 1.61. The molecule has 4 heteroatoms. The van der Waals surface area contributed by atoms with Gasteiger partial charge in [-0.1, -0.05) is 44.5 Å². The zero-order valence-corrected chi connectivity index (χ0v) is 13.3. The van der Waals surface area contributed by atoms with Crippen molar-refractivity contribution in [2.24, 2.45) is 11.8 Å². The Morgan fingerprint density at radius 1 is 1.37 bits per heavy atom. The molecule has 0 radical (unpaired) electrons. The van der Waals surface area contributed by atoms with E-state index in [0.29, 0.717) is 6.04 Å². The molecule has 2 rings (SSSR count). The van der Waals surface area contributed by atoms with Crippen LogP contribution in [0.25, 0.3) is 0 Å². The summed E-state index contributed by atoms with van der Waals surface area (Å²) in [7, 11) is 0. The predicted molar refractivity (Wildman–Crippen MR) is 81.4 cm³/mol. The highest BCUT2D eigenvalue weighted by Crippen LogP contribution is 2.39. The van der Waals surface area contributed by atoms with Crippen molar-refractivity contribution in [3.8, 4) is 0 Å². The zero-order chi connectivity index (χ0) is 13.7. The Morgan fingerprint density at radius 3 is 2.89 bits per heavy atom. The first-order chi connectivity index (χ1) is 9.26. The lowest BCUT2D eigenvalue weighted by molar-refractivity contribution is 0.226. The normalized spacial score (nSPS) is 25.4. The standard InChI is InChI=1S/C15H27N3S/c1-4-7-13-15(19-18-17-13)14(16-5-2)12-9-6-8-11(3)10-12/h11-12,14,16H,4-10H2,1-3H3. The number of aryl methyl sites for hydroxylation is 1. The van der Waals surface area contributed by atoms with Gasteiger partial charge in [-0.2, -0.15) is 0 Å². The molecule has 1 aromatic rings. The van der Waals surface area contributed by atoms with E-state index in [1.807, 2.05) is 0 Å². The molecule has 0 amide bonds. The van der Waals surface area contributed by atoms with Crippen LogP contribution < -0.4 is 5.32 Å². The number of hydrogen-bond acceptors (Lipinski definition) is 4. The fraction of sp³-hybridized carbons (Fsp3) is 0.867. The number of nitrogens with zero attached hydrogens (tertiary/aromatic N) is 2. The van der Waals surface area contributed by atoms with Crippen molar-refractivity contribution in [1.82, 2.24) is 14.9 Å². The summed E-state index contributed by atoms with van der Waals surface area (Å²) in [6.45, 7) is 7.84. The van der Waals surface area contributed by atoms with E-state index >= 15 is 0 Å². The number of nitrogens with one attached hydrogen (secondary N) is 1. The minimum absolute atomic E-state index is 0.481. The SMILES string of the molecule is CCCc1nnsc1C(NCC)C1CCCC(C)C1. The van der Waals surface area contributed by atoms with Crippen molar-refractivity contribution in [2.45, 2.75) is 65.3 Å². The molecule has 0 saturated heterocycles. The summed E-state index contributed by atoms with van der Waals surface area (Å²) in [5.74, 6) is 1.64. The van der Waals surface area contributed by atoms with Gasteiger partial charge in [0, 0.05) is 6.04 Å². The molecule has 3 nitrogen and oxygen atoms in total. The fourth-order valence-corrected chi connectivity index (χ4v) is 4.20. The molecular formula is C15H27N3S. The second-order valence-electron chi connectivity index (χ2n) is 5.90. The average Bonchev–Trinajstić information content (AvgIpc) is 2.84. The summed E-state index contributed by atoms with van der Waals surface area (Å²) in [5, 5.41) is 8.06. The van der Waals surface area contributed by atoms with Crippen LogP contribution in [0.15, 0.2) is 0 Å². The van der Waals surface area contributed by atoms with E-state index in [0.717, 1.165) is 31.2 Å². The second-order valence-corrected chi connectivity index (χ2v) is 6.69. The third-order valence-electron chi connectivity index (χ3n) is 4.23. The van der Waals surface area contributed by atoms with Crippen molar-refractivity contribution in [1.29, 1.82) is 0 Å². The highest BCUT2D eigenvalue weighted by Gasteiger charge is 2.30. The van der Waals surface area contributed by atoms with Gasteiger partial charge in [0.05, 0.1) is 10.6 Å². The van der Waals surface area contributed by atoms with Gasteiger partial charge in [0.1, 0.15) is 0 Å². The Kier molecular flexibility index (Phi) is 5.76. The van der Waals surface area contributed by atoms with E-state index in [1.165, 1.54) is 36.3 Å². The van der Waals surface area contributed by atoms with Gasteiger partial charge in [0.2, 0.25) is 0 Å². The van der Waals surface area contributed by atoms with Crippen LogP contribution in [0.4, 0.5) is 0 Å². The monoisotopic (exact) mass is 281 g/mol. The van der Waals surface area contributed by atoms with Gasteiger partial charge in [-0.15, -0.1) is 5.10 Å². The van der Waals surface area contributed by atoms with Gasteiger partial charge in [-0.25, -0.2) is 0 Å². The summed E-state index contributed by atoms with van der Waals surface area (Å²) < 4.78 is 4.21. The van der Waals surface area contributed by atoms with Crippen LogP contribution in [0.2, 0.25) is 0 Å². The van der Waals surface area contributed by atoms with E-state index in [1.54, 1.807) is 11.5 Å². The van der Waals surface area contributed by atoms with Gasteiger partial charge < -0.3 is 5.32 Å². The molecule has 1 saturated carbocycles. The Labute approximate surface area is 121 Å². The maximum Gasteiger partial charge on any atom is 0.0803 e. The molecule has 1 aliphatic carbocycles. The summed E-state index contributed by atoms with van der Waals surface area (Å²) in [5.41, 5.74) is 1.23. The van der Waals surface area contributed by atoms with Gasteiger partial charge in [-0.05, 0) is 49.2 Å². The molecule has 0 aromatic carbocycles. The van der Waals surface area contributed by atoms with Crippen molar-refractivity contribution in [2.75, 3.05) is 6.54 Å². The minimum Gasteiger partial charge on any atom is -0.309 e. The van der Waals surface area contributed by atoms with Crippen LogP contribution in [-0.2, 0) is 6.42 Å². The molecule has 108 valence electrons. The van der Waals surface area contributed by atoms with Gasteiger partial charge >= 0.3 is 0 Å². The zero-order valence-electron chi connectivity index (χ0n) is 12.5. The number of aromatic nitrogens is 2. The van der Waals surface area contributed by atoms with Crippen molar-refractivity contribution >= 4 is 11.5 Å². The minimum atomic E-state index is 0.481. The van der Waals surface area contributed by atoms with E-state index < -0.39 is 0 Å². The van der Waals surface area contributed by atoms with Crippen molar-refractivity contribution < 1.29 is 0 Å². The molecule has 0 bridgehead atoms. The summed E-state index contributed by atoms with van der Waals surface area (Å²) in [6.07, 6.45) is 7.70. The molecule has 3 atom stereocenters. The highest BCUT2D eigenvalue weighted by molar-refractivity contribution is 7.05.